The molecular formula is C15H18N6. The summed E-state index contributed by atoms with van der Waals surface area (Å²) in [6.07, 6.45) is 8.35. The topological polar surface area (TPSA) is 70.6 Å². The standard InChI is InChI=1S/C15H18N6/c1-2-12-10-17-15(18-11-12)20-7-4-13(5-8-20)21-14(9-16)3-6-19-21/h3,6,10-11,13H,2,4-5,7-8H2,1H3. The lowest BCUT2D eigenvalue weighted by Crippen LogP contribution is -2.36. The summed E-state index contributed by atoms with van der Waals surface area (Å²) in [6, 6.07) is 4.25. The fraction of sp³-hybridized carbons (Fsp3) is 0.467. The lowest BCUT2D eigenvalue weighted by Gasteiger charge is -2.32. The largest absolute Gasteiger partial charge is 0.341 e. The molecule has 0 aliphatic carbocycles. The number of rotatable bonds is 3. The van der Waals surface area contributed by atoms with Gasteiger partial charge in [-0.25, -0.2) is 9.97 Å². The Morgan fingerprint density at radius 1 is 1.29 bits per heavy atom. The van der Waals surface area contributed by atoms with Crippen molar-refractivity contribution in [1.82, 2.24) is 19.7 Å². The first-order chi connectivity index (χ1) is 10.3. The van der Waals surface area contributed by atoms with Gasteiger partial charge in [0.05, 0.1) is 12.2 Å². The minimum Gasteiger partial charge on any atom is -0.341 e. The van der Waals surface area contributed by atoms with Crippen molar-refractivity contribution < 1.29 is 0 Å². The first-order valence-corrected chi connectivity index (χ1v) is 7.31. The Kier molecular flexibility index (Phi) is 3.82. The van der Waals surface area contributed by atoms with E-state index in [4.69, 9.17) is 5.26 Å². The van der Waals surface area contributed by atoms with Gasteiger partial charge in [-0.15, -0.1) is 0 Å². The van der Waals surface area contributed by atoms with E-state index < -0.39 is 0 Å². The van der Waals surface area contributed by atoms with Crippen LogP contribution in [0.15, 0.2) is 24.7 Å². The highest BCUT2D eigenvalue weighted by Crippen LogP contribution is 2.25. The molecule has 0 amide bonds. The molecule has 1 aliphatic rings. The average Bonchev–Trinajstić information content (AvgIpc) is 3.04. The normalized spacial score (nSPS) is 15.9. The summed E-state index contributed by atoms with van der Waals surface area (Å²) in [7, 11) is 0. The molecule has 0 saturated carbocycles. The number of nitrogens with zero attached hydrogens (tertiary/aromatic N) is 6. The number of piperidine rings is 1. The summed E-state index contributed by atoms with van der Waals surface area (Å²) < 4.78 is 1.85. The van der Waals surface area contributed by atoms with Gasteiger partial charge in [-0.1, -0.05) is 6.92 Å². The van der Waals surface area contributed by atoms with Crippen LogP contribution in [0.3, 0.4) is 0 Å². The second-order valence-corrected chi connectivity index (χ2v) is 5.24. The lowest BCUT2D eigenvalue weighted by molar-refractivity contribution is 0.362. The van der Waals surface area contributed by atoms with E-state index in [0.717, 1.165) is 43.9 Å². The Balaban J connectivity index is 1.66. The van der Waals surface area contributed by atoms with Gasteiger partial charge in [0.2, 0.25) is 5.95 Å². The summed E-state index contributed by atoms with van der Waals surface area (Å²) in [5, 5.41) is 13.4. The van der Waals surface area contributed by atoms with Crippen LogP contribution >= 0.6 is 0 Å². The molecule has 108 valence electrons. The smallest absolute Gasteiger partial charge is 0.225 e. The van der Waals surface area contributed by atoms with Crippen molar-refractivity contribution in [1.29, 1.82) is 5.26 Å². The SMILES string of the molecule is CCc1cnc(N2CCC(n3nccc3C#N)CC2)nc1. The number of anilines is 1. The van der Waals surface area contributed by atoms with E-state index in [9.17, 15) is 0 Å². The van der Waals surface area contributed by atoms with Crippen LogP contribution in [-0.4, -0.2) is 32.8 Å². The van der Waals surface area contributed by atoms with Crippen molar-refractivity contribution in [3.8, 4) is 6.07 Å². The molecule has 6 heteroatoms. The third-order valence-electron chi connectivity index (χ3n) is 3.98. The minimum atomic E-state index is 0.292. The maximum absolute atomic E-state index is 9.08. The number of hydrogen-bond donors (Lipinski definition) is 0. The maximum Gasteiger partial charge on any atom is 0.225 e. The van der Waals surface area contributed by atoms with E-state index in [2.05, 4.69) is 33.0 Å². The quantitative estimate of drug-likeness (QED) is 0.860. The molecule has 1 fully saturated rings. The summed E-state index contributed by atoms with van der Waals surface area (Å²) in [5.41, 5.74) is 1.79. The number of aryl methyl sites for hydroxylation is 1. The molecular weight excluding hydrogens is 264 g/mol. The highest BCUT2D eigenvalue weighted by molar-refractivity contribution is 5.31. The molecule has 0 bridgehead atoms. The van der Waals surface area contributed by atoms with Gasteiger partial charge in [-0.3, -0.25) is 4.68 Å². The molecule has 21 heavy (non-hydrogen) atoms. The Bertz CT molecular complexity index is 631. The molecule has 0 spiro atoms. The summed E-state index contributed by atoms with van der Waals surface area (Å²) in [6.45, 7) is 3.88. The van der Waals surface area contributed by atoms with E-state index in [-0.39, 0.29) is 0 Å². The van der Waals surface area contributed by atoms with Crippen LogP contribution in [0, 0.1) is 11.3 Å². The van der Waals surface area contributed by atoms with Crippen molar-refractivity contribution >= 4 is 5.95 Å². The van der Waals surface area contributed by atoms with Crippen LogP contribution in [0.4, 0.5) is 5.95 Å². The number of aromatic nitrogens is 4. The first-order valence-electron chi connectivity index (χ1n) is 7.31. The van der Waals surface area contributed by atoms with E-state index >= 15 is 0 Å². The zero-order chi connectivity index (χ0) is 14.7. The van der Waals surface area contributed by atoms with E-state index in [1.807, 2.05) is 17.1 Å². The fourth-order valence-corrected chi connectivity index (χ4v) is 2.70. The second kappa shape index (κ2) is 5.92. The Labute approximate surface area is 124 Å². The Morgan fingerprint density at radius 3 is 2.62 bits per heavy atom. The fourth-order valence-electron chi connectivity index (χ4n) is 2.70. The van der Waals surface area contributed by atoms with Gasteiger partial charge in [0.15, 0.2) is 0 Å². The maximum atomic E-state index is 9.08. The van der Waals surface area contributed by atoms with E-state index in [1.54, 1.807) is 12.3 Å². The first kappa shape index (κ1) is 13.6. The zero-order valence-electron chi connectivity index (χ0n) is 12.1. The molecule has 1 saturated heterocycles. The average molecular weight is 282 g/mol. The van der Waals surface area contributed by atoms with Gasteiger partial charge in [-0.05, 0) is 30.9 Å². The van der Waals surface area contributed by atoms with Gasteiger partial charge < -0.3 is 4.90 Å². The summed E-state index contributed by atoms with van der Waals surface area (Å²) >= 11 is 0. The molecule has 3 rings (SSSR count). The lowest BCUT2D eigenvalue weighted by atomic mass is 10.1. The monoisotopic (exact) mass is 282 g/mol. The Hall–Kier alpha value is -2.42. The molecule has 0 radical (unpaired) electrons. The van der Waals surface area contributed by atoms with Gasteiger partial charge in [0.1, 0.15) is 11.8 Å². The van der Waals surface area contributed by atoms with Crippen molar-refractivity contribution in [2.75, 3.05) is 18.0 Å². The van der Waals surface area contributed by atoms with Crippen LogP contribution in [0.1, 0.15) is 37.1 Å². The minimum absolute atomic E-state index is 0.292. The van der Waals surface area contributed by atoms with Gasteiger partial charge in [0, 0.05) is 25.5 Å². The van der Waals surface area contributed by atoms with Crippen LogP contribution in [0.5, 0.6) is 0 Å². The van der Waals surface area contributed by atoms with Crippen LogP contribution in [0.25, 0.3) is 0 Å². The molecule has 1 aliphatic heterocycles. The van der Waals surface area contributed by atoms with Gasteiger partial charge in [0.25, 0.3) is 0 Å². The van der Waals surface area contributed by atoms with Crippen LogP contribution < -0.4 is 4.90 Å². The summed E-state index contributed by atoms with van der Waals surface area (Å²) in [4.78, 5) is 11.1. The third kappa shape index (κ3) is 2.72. The molecule has 0 aromatic carbocycles. The third-order valence-corrected chi connectivity index (χ3v) is 3.98. The van der Waals surface area contributed by atoms with Crippen molar-refractivity contribution in [2.24, 2.45) is 0 Å². The second-order valence-electron chi connectivity index (χ2n) is 5.24. The highest BCUT2D eigenvalue weighted by atomic mass is 15.3. The van der Waals surface area contributed by atoms with Crippen LogP contribution in [0.2, 0.25) is 0 Å². The zero-order valence-corrected chi connectivity index (χ0v) is 12.1. The number of nitriles is 1. The molecule has 0 N–H and O–H groups in total. The van der Waals surface area contributed by atoms with E-state index in [1.165, 1.54) is 0 Å². The van der Waals surface area contributed by atoms with Gasteiger partial charge >= 0.3 is 0 Å². The molecule has 2 aromatic heterocycles. The van der Waals surface area contributed by atoms with Gasteiger partial charge in [-0.2, -0.15) is 10.4 Å². The molecule has 6 nitrogen and oxygen atoms in total. The van der Waals surface area contributed by atoms with Crippen molar-refractivity contribution in [2.45, 2.75) is 32.2 Å². The predicted molar refractivity (Wildman–Crippen MR) is 78.8 cm³/mol. The molecule has 0 atom stereocenters. The number of hydrogen-bond acceptors (Lipinski definition) is 5. The molecule has 2 aromatic rings. The summed E-state index contributed by atoms with van der Waals surface area (Å²) in [5.74, 6) is 0.798. The highest BCUT2D eigenvalue weighted by Gasteiger charge is 2.23. The van der Waals surface area contributed by atoms with E-state index in [0.29, 0.717) is 11.7 Å². The molecule has 0 unspecified atom stereocenters. The van der Waals surface area contributed by atoms with Crippen molar-refractivity contribution in [3.05, 3.63) is 35.9 Å². The Morgan fingerprint density at radius 2 is 2.00 bits per heavy atom. The van der Waals surface area contributed by atoms with Crippen molar-refractivity contribution in [3.63, 3.8) is 0 Å². The predicted octanol–water partition coefficient (Wildman–Crippen LogP) is 1.95. The molecule has 3 heterocycles. The van der Waals surface area contributed by atoms with Crippen LogP contribution in [-0.2, 0) is 6.42 Å².